The molecule has 0 unspecified atom stereocenters. The smallest absolute Gasteiger partial charge is 0.263 e. The number of sulfonamides is 1. The van der Waals surface area contributed by atoms with E-state index in [4.69, 9.17) is 10.5 Å². The Hall–Kier alpha value is -2.90. The zero-order valence-electron chi connectivity index (χ0n) is 10.8. The van der Waals surface area contributed by atoms with Gasteiger partial charge in [0.1, 0.15) is 11.9 Å². The van der Waals surface area contributed by atoms with E-state index in [0.717, 1.165) is 5.56 Å². The predicted molar refractivity (Wildman–Crippen MR) is 75.5 cm³/mol. The topological polar surface area (TPSA) is 107 Å². The number of pyridine rings is 1. The van der Waals surface area contributed by atoms with Gasteiger partial charge >= 0.3 is 0 Å². The Morgan fingerprint density at radius 1 is 1.10 bits per heavy atom. The van der Waals surface area contributed by atoms with Crippen molar-refractivity contribution in [2.24, 2.45) is 0 Å². The van der Waals surface area contributed by atoms with Crippen molar-refractivity contribution in [2.75, 3.05) is 4.72 Å². The predicted octanol–water partition coefficient (Wildman–Crippen LogP) is 1.82. The van der Waals surface area contributed by atoms with E-state index >= 15 is 0 Å². The zero-order chi connectivity index (χ0) is 15.3. The summed E-state index contributed by atoms with van der Waals surface area (Å²) in [6, 6.07) is 12.8. The monoisotopic (exact) mass is 298 g/mol. The summed E-state index contributed by atoms with van der Waals surface area (Å²) in [5, 5.41) is 17.2. The summed E-state index contributed by atoms with van der Waals surface area (Å²) in [6.07, 6.45) is 1.51. The fraction of sp³-hybridized carbons (Fsp3) is 0.0714. The molecule has 0 amide bonds. The second-order valence-corrected chi connectivity index (χ2v) is 5.81. The first-order valence-electron chi connectivity index (χ1n) is 5.90. The number of nitrogens with zero attached hydrogens (tertiary/aromatic N) is 3. The molecule has 1 N–H and O–H groups in total. The number of benzene rings is 1. The van der Waals surface area contributed by atoms with E-state index in [1.54, 1.807) is 12.1 Å². The van der Waals surface area contributed by atoms with Crippen LogP contribution >= 0.6 is 0 Å². The van der Waals surface area contributed by atoms with Crippen LogP contribution in [-0.2, 0) is 16.4 Å². The lowest BCUT2D eigenvalue weighted by Crippen LogP contribution is -2.13. The van der Waals surface area contributed by atoms with Gasteiger partial charge in [0.2, 0.25) is 0 Å². The van der Waals surface area contributed by atoms with Crippen LogP contribution in [0, 0.1) is 22.7 Å². The van der Waals surface area contributed by atoms with Gasteiger partial charge in [0.25, 0.3) is 10.0 Å². The summed E-state index contributed by atoms with van der Waals surface area (Å²) in [6.45, 7) is 0. The standard InChI is InChI=1S/C14H10N4O2S/c15-8-7-11-1-4-13(5-2-11)21(19,20)18-14-6-3-12(9-16)10-17-14/h1-6,10H,7H2,(H,17,18). The first-order valence-corrected chi connectivity index (χ1v) is 7.38. The van der Waals surface area contributed by atoms with Crippen LogP contribution < -0.4 is 4.72 Å². The molecule has 0 atom stereocenters. The van der Waals surface area contributed by atoms with Gasteiger partial charge < -0.3 is 0 Å². The average Bonchev–Trinajstić information content (AvgIpc) is 2.48. The van der Waals surface area contributed by atoms with Crippen LogP contribution in [0.25, 0.3) is 0 Å². The normalized spacial score (nSPS) is 10.4. The number of nitrogens with one attached hydrogen (secondary N) is 1. The van der Waals surface area contributed by atoms with Gasteiger partial charge in [0, 0.05) is 6.20 Å². The molecule has 0 aliphatic rings. The Labute approximate surface area is 122 Å². The maximum Gasteiger partial charge on any atom is 0.263 e. The number of nitriles is 2. The third kappa shape index (κ3) is 3.56. The molecule has 0 fully saturated rings. The van der Waals surface area contributed by atoms with Crippen molar-refractivity contribution in [3.63, 3.8) is 0 Å². The third-order valence-corrected chi connectivity index (χ3v) is 4.02. The Kier molecular flexibility index (Phi) is 4.17. The van der Waals surface area contributed by atoms with Crippen LogP contribution in [0.1, 0.15) is 11.1 Å². The maximum absolute atomic E-state index is 12.1. The summed E-state index contributed by atoms with van der Waals surface area (Å²) >= 11 is 0. The van der Waals surface area contributed by atoms with E-state index in [1.165, 1.54) is 30.5 Å². The molecule has 1 aromatic carbocycles. The average molecular weight is 298 g/mol. The van der Waals surface area contributed by atoms with Crippen LogP contribution in [0.4, 0.5) is 5.82 Å². The van der Waals surface area contributed by atoms with Crippen molar-refractivity contribution < 1.29 is 8.42 Å². The summed E-state index contributed by atoms with van der Waals surface area (Å²) < 4.78 is 26.6. The molecule has 104 valence electrons. The summed E-state index contributed by atoms with van der Waals surface area (Å²) in [4.78, 5) is 3.93. The van der Waals surface area contributed by atoms with Gasteiger partial charge in [-0.15, -0.1) is 0 Å². The minimum Gasteiger partial charge on any atom is -0.263 e. The molecule has 0 aliphatic heterocycles. The Morgan fingerprint density at radius 3 is 2.33 bits per heavy atom. The van der Waals surface area contributed by atoms with Gasteiger partial charge in [0.15, 0.2) is 0 Å². The van der Waals surface area contributed by atoms with E-state index in [2.05, 4.69) is 9.71 Å². The van der Waals surface area contributed by atoms with Crippen molar-refractivity contribution in [3.05, 3.63) is 53.7 Å². The SMILES string of the molecule is N#CCc1ccc(S(=O)(=O)Nc2ccc(C#N)cn2)cc1. The fourth-order valence-electron chi connectivity index (χ4n) is 1.59. The van der Waals surface area contributed by atoms with Gasteiger partial charge in [-0.3, -0.25) is 4.72 Å². The molecule has 21 heavy (non-hydrogen) atoms. The van der Waals surface area contributed by atoms with Crippen LogP contribution in [0.5, 0.6) is 0 Å². The van der Waals surface area contributed by atoms with E-state index in [9.17, 15) is 8.42 Å². The molecule has 0 radical (unpaired) electrons. The summed E-state index contributed by atoms with van der Waals surface area (Å²) in [5.41, 5.74) is 1.09. The quantitative estimate of drug-likeness (QED) is 0.926. The first kappa shape index (κ1) is 14.5. The molecular formula is C14H10N4O2S. The highest BCUT2D eigenvalue weighted by molar-refractivity contribution is 7.92. The van der Waals surface area contributed by atoms with Gasteiger partial charge in [-0.25, -0.2) is 13.4 Å². The second kappa shape index (κ2) is 6.04. The van der Waals surface area contributed by atoms with E-state index in [1.807, 2.05) is 12.1 Å². The Morgan fingerprint density at radius 2 is 1.81 bits per heavy atom. The highest BCUT2D eigenvalue weighted by atomic mass is 32.2. The summed E-state index contributed by atoms with van der Waals surface area (Å²) in [5.74, 6) is 0.134. The molecular weight excluding hydrogens is 288 g/mol. The molecule has 1 heterocycles. The first-order chi connectivity index (χ1) is 10.0. The molecule has 2 aromatic rings. The lowest BCUT2D eigenvalue weighted by molar-refractivity contribution is 0.601. The van der Waals surface area contributed by atoms with Crippen molar-refractivity contribution >= 4 is 15.8 Å². The lowest BCUT2D eigenvalue weighted by Gasteiger charge is -2.07. The van der Waals surface area contributed by atoms with Gasteiger partial charge in [0.05, 0.1) is 22.9 Å². The molecule has 6 nitrogen and oxygen atoms in total. The summed E-state index contributed by atoms with van der Waals surface area (Å²) in [7, 11) is -3.74. The number of rotatable bonds is 4. The van der Waals surface area contributed by atoms with E-state index < -0.39 is 10.0 Å². The number of anilines is 1. The molecule has 0 saturated heterocycles. The minimum atomic E-state index is -3.74. The van der Waals surface area contributed by atoms with Crippen molar-refractivity contribution in [1.29, 1.82) is 10.5 Å². The number of hydrogen-bond donors (Lipinski definition) is 1. The van der Waals surface area contributed by atoms with Crippen LogP contribution in [-0.4, -0.2) is 13.4 Å². The molecule has 0 saturated carbocycles. The van der Waals surface area contributed by atoms with Crippen molar-refractivity contribution in [1.82, 2.24) is 4.98 Å². The van der Waals surface area contributed by atoms with Gasteiger partial charge in [-0.05, 0) is 29.8 Å². The second-order valence-electron chi connectivity index (χ2n) is 4.13. The molecule has 2 rings (SSSR count). The van der Waals surface area contributed by atoms with Crippen molar-refractivity contribution in [2.45, 2.75) is 11.3 Å². The molecule has 0 spiro atoms. The van der Waals surface area contributed by atoms with Crippen LogP contribution in [0.2, 0.25) is 0 Å². The van der Waals surface area contributed by atoms with Gasteiger partial charge in [-0.1, -0.05) is 12.1 Å². The Balaban J connectivity index is 2.21. The van der Waals surface area contributed by atoms with E-state index in [0.29, 0.717) is 5.56 Å². The highest BCUT2D eigenvalue weighted by Crippen LogP contribution is 2.15. The number of hydrogen-bond acceptors (Lipinski definition) is 5. The van der Waals surface area contributed by atoms with Gasteiger partial charge in [-0.2, -0.15) is 10.5 Å². The minimum absolute atomic E-state index is 0.0790. The molecule has 1 aromatic heterocycles. The fourth-order valence-corrected chi connectivity index (χ4v) is 2.60. The molecule has 0 aliphatic carbocycles. The largest absolute Gasteiger partial charge is 0.263 e. The third-order valence-electron chi connectivity index (χ3n) is 2.65. The van der Waals surface area contributed by atoms with Crippen LogP contribution in [0.3, 0.4) is 0 Å². The number of aromatic nitrogens is 1. The zero-order valence-corrected chi connectivity index (χ0v) is 11.6. The Bertz CT molecular complexity index is 813. The maximum atomic E-state index is 12.1. The highest BCUT2D eigenvalue weighted by Gasteiger charge is 2.14. The lowest BCUT2D eigenvalue weighted by atomic mass is 10.2. The molecule has 7 heteroatoms. The van der Waals surface area contributed by atoms with Crippen molar-refractivity contribution in [3.8, 4) is 12.1 Å². The van der Waals surface area contributed by atoms with Crippen LogP contribution in [0.15, 0.2) is 47.5 Å². The van der Waals surface area contributed by atoms with E-state index in [-0.39, 0.29) is 17.1 Å². The molecule has 0 bridgehead atoms.